The van der Waals surface area contributed by atoms with E-state index in [0.29, 0.717) is 17.5 Å². The first-order chi connectivity index (χ1) is 13.3. The number of nitrogens with zero attached hydrogens (tertiary/aromatic N) is 3. The number of ether oxygens (including phenoxy) is 1. The highest BCUT2D eigenvalue weighted by atomic mass is 79.9. The van der Waals surface area contributed by atoms with Crippen LogP contribution in [0.5, 0.6) is 5.75 Å². The largest absolute Gasteiger partial charge is 0.481 e. The number of benzene rings is 2. The van der Waals surface area contributed by atoms with Crippen molar-refractivity contribution in [1.82, 2.24) is 15.0 Å². The molecule has 1 amide bonds. The molecule has 7 heteroatoms. The summed E-state index contributed by atoms with van der Waals surface area (Å²) in [5.74, 6) is 1.35. The smallest absolute Gasteiger partial charge is 0.263 e. The third kappa shape index (κ3) is 4.78. The molecule has 0 aliphatic carbocycles. The molecule has 0 radical (unpaired) electrons. The molecule has 0 saturated heterocycles. The Balaban J connectivity index is 1.63. The minimum Gasteiger partial charge on any atom is -0.481 e. The van der Waals surface area contributed by atoms with E-state index < -0.39 is 6.10 Å². The molecule has 146 valence electrons. The molecule has 0 aliphatic heterocycles. The van der Waals surface area contributed by atoms with E-state index in [4.69, 9.17) is 9.26 Å². The molecule has 1 unspecified atom stereocenters. The molecule has 28 heavy (non-hydrogen) atoms. The molecule has 0 bridgehead atoms. The first-order valence-electron chi connectivity index (χ1n) is 8.91. The van der Waals surface area contributed by atoms with E-state index in [0.717, 1.165) is 15.6 Å². The molecular formula is C21H22BrN3O3. The third-order valence-electron chi connectivity index (χ3n) is 4.44. The summed E-state index contributed by atoms with van der Waals surface area (Å²) in [6.07, 6.45) is -0.625. The maximum absolute atomic E-state index is 12.6. The molecule has 0 spiro atoms. The highest BCUT2D eigenvalue weighted by Crippen LogP contribution is 2.21. The van der Waals surface area contributed by atoms with Crippen molar-refractivity contribution >= 4 is 21.8 Å². The van der Waals surface area contributed by atoms with Gasteiger partial charge in [0.15, 0.2) is 6.10 Å². The number of carbonyl (C=O) groups is 1. The number of aromatic nitrogens is 2. The molecule has 1 atom stereocenters. The van der Waals surface area contributed by atoms with Crippen LogP contribution in [0, 0.1) is 13.8 Å². The normalized spacial score (nSPS) is 11.9. The summed E-state index contributed by atoms with van der Waals surface area (Å²) in [5, 5.41) is 3.99. The fraction of sp³-hybridized carbons (Fsp3) is 0.286. The molecule has 0 N–H and O–H groups in total. The number of rotatable bonds is 6. The third-order valence-corrected chi connectivity index (χ3v) is 4.93. The lowest BCUT2D eigenvalue weighted by Gasteiger charge is -2.21. The second-order valence-electron chi connectivity index (χ2n) is 6.72. The molecular weight excluding hydrogens is 422 g/mol. The second-order valence-corrected chi connectivity index (χ2v) is 7.64. The van der Waals surface area contributed by atoms with E-state index in [1.807, 2.05) is 56.3 Å². The summed E-state index contributed by atoms with van der Waals surface area (Å²) < 4.78 is 12.0. The van der Waals surface area contributed by atoms with Crippen molar-refractivity contribution < 1.29 is 14.1 Å². The minimum absolute atomic E-state index is 0.166. The van der Waals surface area contributed by atoms with Gasteiger partial charge in [0.05, 0.1) is 6.54 Å². The lowest BCUT2D eigenvalue weighted by molar-refractivity contribution is -0.137. The van der Waals surface area contributed by atoms with Crippen molar-refractivity contribution in [1.29, 1.82) is 0 Å². The number of amides is 1. The van der Waals surface area contributed by atoms with Crippen LogP contribution in [-0.4, -0.2) is 34.1 Å². The van der Waals surface area contributed by atoms with Gasteiger partial charge in [-0.2, -0.15) is 4.98 Å². The van der Waals surface area contributed by atoms with Gasteiger partial charge in [0, 0.05) is 17.1 Å². The summed E-state index contributed by atoms with van der Waals surface area (Å²) in [7, 11) is 1.69. The van der Waals surface area contributed by atoms with Gasteiger partial charge in [0.1, 0.15) is 5.75 Å². The minimum atomic E-state index is -0.625. The van der Waals surface area contributed by atoms with Gasteiger partial charge in [0.2, 0.25) is 11.7 Å². The number of halogens is 1. The fourth-order valence-corrected chi connectivity index (χ4v) is 3.10. The Kier molecular flexibility index (Phi) is 6.14. The topological polar surface area (TPSA) is 68.5 Å². The van der Waals surface area contributed by atoms with Gasteiger partial charge in [-0.1, -0.05) is 39.3 Å². The van der Waals surface area contributed by atoms with Gasteiger partial charge in [0.25, 0.3) is 5.91 Å². The van der Waals surface area contributed by atoms with Crippen LogP contribution in [0.4, 0.5) is 0 Å². The molecule has 6 nitrogen and oxygen atoms in total. The first kappa shape index (κ1) is 20.1. The van der Waals surface area contributed by atoms with E-state index in [1.54, 1.807) is 14.0 Å². The van der Waals surface area contributed by atoms with Crippen LogP contribution < -0.4 is 4.74 Å². The monoisotopic (exact) mass is 443 g/mol. The Hall–Kier alpha value is -2.67. The Morgan fingerprint density at radius 2 is 2.00 bits per heavy atom. The van der Waals surface area contributed by atoms with Gasteiger partial charge < -0.3 is 14.2 Å². The van der Waals surface area contributed by atoms with Crippen molar-refractivity contribution in [3.05, 3.63) is 64.0 Å². The lowest BCUT2D eigenvalue weighted by Crippen LogP contribution is -2.37. The molecule has 3 aromatic rings. The molecule has 3 rings (SSSR count). The SMILES string of the molecule is Cc1ccc(OC(C)C(=O)N(C)Cc2nc(-c3cccc(Br)c3)no2)cc1C. The Bertz CT molecular complexity index is 987. The molecule has 0 fully saturated rings. The zero-order valence-corrected chi connectivity index (χ0v) is 17.9. The summed E-state index contributed by atoms with van der Waals surface area (Å²) in [6, 6.07) is 13.4. The zero-order chi connectivity index (χ0) is 20.3. The summed E-state index contributed by atoms with van der Waals surface area (Å²) in [4.78, 5) is 18.5. The van der Waals surface area contributed by atoms with Crippen LogP contribution in [0.1, 0.15) is 23.9 Å². The summed E-state index contributed by atoms with van der Waals surface area (Å²) in [6.45, 7) is 5.99. The Labute approximate surface area is 172 Å². The molecule has 2 aromatic carbocycles. The number of likely N-dealkylation sites (N-methyl/N-ethyl adjacent to an activating group) is 1. The molecule has 1 heterocycles. The molecule has 0 saturated carbocycles. The van der Waals surface area contributed by atoms with Gasteiger partial charge >= 0.3 is 0 Å². The van der Waals surface area contributed by atoms with E-state index in [-0.39, 0.29) is 12.5 Å². The van der Waals surface area contributed by atoms with E-state index in [2.05, 4.69) is 26.1 Å². The van der Waals surface area contributed by atoms with Crippen molar-refractivity contribution in [2.75, 3.05) is 7.05 Å². The number of hydrogen-bond acceptors (Lipinski definition) is 5. The van der Waals surface area contributed by atoms with Gasteiger partial charge in [-0.25, -0.2) is 0 Å². The molecule has 1 aromatic heterocycles. The summed E-state index contributed by atoms with van der Waals surface area (Å²) in [5.41, 5.74) is 3.14. The van der Waals surface area contributed by atoms with Gasteiger partial charge in [-0.15, -0.1) is 0 Å². The predicted octanol–water partition coefficient (Wildman–Crippen LogP) is 4.54. The second kappa shape index (κ2) is 8.56. The Morgan fingerprint density at radius 1 is 1.21 bits per heavy atom. The van der Waals surface area contributed by atoms with Crippen LogP contribution in [0.25, 0.3) is 11.4 Å². The maximum Gasteiger partial charge on any atom is 0.263 e. The van der Waals surface area contributed by atoms with Crippen molar-refractivity contribution in [2.24, 2.45) is 0 Å². The Morgan fingerprint density at radius 3 is 2.71 bits per heavy atom. The van der Waals surface area contributed by atoms with Crippen LogP contribution in [0.15, 0.2) is 51.5 Å². The lowest BCUT2D eigenvalue weighted by atomic mass is 10.1. The van der Waals surface area contributed by atoms with Gasteiger partial charge in [-0.3, -0.25) is 4.79 Å². The quantitative estimate of drug-likeness (QED) is 0.559. The van der Waals surface area contributed by atoms with Crippen LogP contribution in [0.3, 0.4) is 0 Å². The van der Waals surface area contributed by atoms with Crippen molar-refractivity contribution in [3.63, 3.8) is 0 Å². The number of aryl methyl sites for hydroxylation is 2. The first-order valence-corrected chi connectivity index (χ1v) is 9.70. The zero-order valence-electron chi connectivity index (χ0n) is 16.3. The number of hydrogen-bond donors (Lipinski definition) is 0. The van der Waals surface area contributed by atoms with E-state index >= 15 is 0 Å². The standard InChI is InChI=1S/C21H22BrN3O3/c1-13-8-9-18(10-14(13)2)27-15(3)21(26)25(4)12-19-23-20(24-28-19)16-6-5-7-17(22)11-16/h5-11,15H,12H2,1-4H3. The van der Waals surface area contributed by atoms with Gasteiger partial charge in [-0.05, 0) is 56.2 Å². The van der Waals surface area contributed by atoms with Crippen molar-refractivity contribution in [2.45, 2.75) is 33.4 Å². The van der Waals surface area contributed by atoms with Crippen molar-refractivity contribution in [3.8, 4) is 17.1 Å². The maximum atomic E-state index is 12.6. The summed E-state index contributed by atoms with van der Waals surface area (Å²) >= 11 is 3.42. The highest BCUT2D eigenvalue weighted by Gasteiger charge is 2.21. The fourth-order valence-electron chi connectivity index (χ4n) is 2.70. The van der Waals surface area contributed by atoms with Crippen LogP contribution >= 0.6 is 15.9 Å². The number of carbonyl (C=O) groups excluding carboxylic acids is 1. The van der Waals surface area contributed by atoms with E-state index in [9.17, 15) is 4.79 Å². The average molecular weight is 444 g/mol. The van der Waals surface area contributed by atoms with Crippen LogP contribution in [0.2, 0.25) is 0 Å². The van der Waals surface area contributed by atoms with E-state index in [1.165, 1.54) is 10.5 Å². The van der Waals surface area contributed by atoms with Crippen LogP contribution in [-0.2, 0) is 11.3 Å². The highest BCUT2D eigenvalue weighted by molar-refractivity contribution is 9.10. The average Bonchev–Trinajstić information content (AvgIpc) is 3.12. The predicted molar refractivity (Wildman–Crippen MR) is 110 cm³/mol. The molecule has 0 aliphatic rings.